The van der Waals surface area contributed by atoms with E-state index in [0.29, 0.717) is 17.9 Å². The van der Waals surface area contributed by atoms with Crippen LogP contribution in [-0.4, -0.2) is 11.7 Å². The molecule has 0 saturated heterocycles. The van der Waals surface area contributed by atoms with E-state index < -0.39 is 5.82 Å². The average Bonchev–Trinajstić information content (AvgIpc) is 2.46. The lowest BCUT2D eigenvalue weighted by Gasteiger charge is -2.07. The van der Waals surface area contributed by atoms with Gasteiger partial charge in [0, 0.05) is 6.07 Å². The van der Waals surface area contributed by atoms with Gasteiger partial charge in [0.2, 0.25) is 0 Å². The minimum absolute atomic E-state index is 0.193. The molecule has 20 heavy (non-hydrogen) atoms. The second-order valence-electron chi connectivity index (χ2n) is 4.10. The molecule has 0 heterocycles. The molecule has 3 nitrogen and oxygen atoms in total. The third-order valence-corrected chi connectivity index (χ3v) is 2.61. The van der Waals surface area contributed by atoms with E-state index in [1.165, 1.54) is 6.07 Å². The first-order valence-electron chi connectivity index (χ1n) is 6.08. The number of ether oxygens (including phenoxy) is 1. The van der Waals surface area contributed by atoms with Gasteiger partial charge < -0.3 is 15.6 Å². The molecule has 2 aromatic carbocycles. The molecule has 0 aromatic heterocycles. The van der Waals surface area contributed by atoms with E-state index in [1.54, 1.807) is 36.4 Å². The molecule has 0 unspecified atom stereocenters. The molecule has 3 N–H and O–H groups in total. The zero-order chi connectivity index (χ0) is 14.4. The van der Waals surface area contributed by atoms with Gasteiger partial charge in [-0.1, -0.05) is 24.0 Å². The molecule has 2 aromatic rings. The standard InChI is InChI=1S/C16H14FNO2/c17-16-10-15(8-5-13(16)2-1-9-18)20-11-12-3-6-14(19)7-4-12/h3-8,10,19H,9,11,18H2. The Morgan fingerprint density at radius 2 is 1.90 bits per heavy atom. The average molecular weight is 271 g/mol. The van der Waals surface area contributed by atoms with Crippen LogP contribution in [0.3, 0.4) is 0 Å². The Morgan fingerprint density at radius 1 is 1.15 bits per heavy atom. The Labute approximate surface area is 116 Å². The van der Waals surface area contributed by atoms with Crippen LogP contribution in [0.2, 0.25) is 0 Å². The van der Waals surface area contributed by atoms with Gasteiger partial charge in [0.05, 0.1) is 12.1 Å². The highest BCUT2D eigenvalue weighted by molar-refractivity contribution is 5.40. The van der Waals surface area contributed by atoms with E-state index in [2.05, 4.69) is 11.8 Å². The van der Waals surface area contributed by atoms with Crippen molar-refractivity contribution >= 4 is 0 Å². The minimum Gasteiger partial charge on any atom is -0.508 e. The third kappa shape index (κ3) is 3.74. The van der Waals surface area contributed by atoms with E-state index in [-0.39, 0.29) is 12.3 Å². The molecule has 0 aliphatic rings. The van der Waals surface area contributed by atoms with Crippen molar-refractivity contribution in [1.82, 2.24) is 0 Å². The van der Waals surface area contributed by atoms with Crippen molar-refractivity contribution in [2.24, 2.45) is 5.73 Å². The predicted molar refractivity (Wildman–Crippen MR) is 74.8 cm³/mol. The lowest BCUT2D eigenvalue weighted by atomic mass is 10.2. The van der Waals surface area contributed by atoms with Crippen LogP contribution in [0.1, 0.15) is 11.1 Å². The molecule has 2 rings (SSSR count). The van der Waals surface area contributed by atoms with Crippen molar-refractivity contribution in [2.75, 3.05) is 6.54 Å². The summed E-state index contributed by atoms with van der Waals surface area (Å²) >= 11 is 0. The first-order chi connectivity index (χ1) is 9.69. The van der Waals surface area contributed by atoms with Gasteiger partial charge >= 0.3 is 0 Å². The highest BCUT2D eigenvalue weighted by Crippen LogP contribution is 2.18. The van der Waals surface area contributed by atoms with E-state index in [9.17, 15) is 4.39 Å². The Hall–Kier alpha value is -2.51. The SMILES string of the molecule is NCC#Cc1ccc(OCc2ccc(O)cc2)cc1F. The summed E-state index contributed by atoms with van der Waals surface area (Å²) in [6.07, 6.45) is 0. The lowest BCUT2D eigenvalue weighted by Crippen LogP contribution is -1.97. The van der Waals surface area contributed by atoms with Gasteiger partial charge in [-0.3, -0.25) is 0 Å². The van der Waals surface area contributed by atoms with E-state index in [0.717, 1.165) is 5.56 Å². The Balaban J connectivity index is 2.03. The summed E-state index contributed by atoms with van der Waals surface area (Å²) in [6, 6.07) is 11.1. The third-order valence-electron chi connectivity index (χ3n) is 2.61. The van der Waals surface area contributed by atoms with E-state index >= 15 is 0 Å². The largest absolute Gasteiger partial charge is 0.508 e. The minimum atomic E-state index is -0.436. The van der Waals surface area contributed by atoms with Gasteiger partial charge in [-0.25, -0.2) is 4.39 Å². The summed E-state index contributed by atoms with van der Waals surface area (Å²) in [5, 5.41) is 9.17. The first-order valence-corrected chi connectivity index (χ1v) is 6.08. The van der Waals surface area contributed by atoms with Gasteiger partial charge in [-0.05, 0) is 29.8 Å². The molecule has 0 atom stereocenters. The molecule has 0 spiro atoms. The predicted octanol–water partition coefficient (Wildman–Crippen LogP) is 2.42. The maximum absolute atomic E-state index is 13.7. The molecule has 0 aliphatic heterocycles. The van der Waals surface area contributed by atoms with Gasteiger partial charge in [0.15, 0.2) is 0 Å². The van der Waals surface area contributed by atoms with Gasteiger partial charge in [0.1, 0.15) is 23.9 Å². The smallest absolute Gasteiger partial charge is 0.142 e. The van der Waals surface area contributed by atoms with Crippen LogP contribution in [0.4, 0.5) is 4.39 Å². The van der Waals surface area contributed by atoms with Crippen LogP contribution in [0, 0.1) is 17.7 Å². The van der Waals surface area contributed by atoms with Crippen molar-refractivity contribution in [3.8, 4) is 23.3 Å². The fourth-order valence-electron chi connectivity index (χ4n) is 1.59. The maximum atomic E-state index is 13.7. The second-order valence-corrected chi connectivity index (χ2v) is 4.10. The fourth-order valence-corrected chi connectivity index (χ4v) is 1.59. The van der Waals surface area contributed by atoms with Crippen LogP contribution in [0.25, 0.3) is 0 Å². The first kappa shape index (κ1) is 13.9. The molecular formula is C16H14FNO2. The fraction of sp³-hybridized carbons (Fsp3) is 0.125. The number of aromatic hydroxyl groups is 1. The summed E-state index contributed by atoms with van der Waals surface area (Å²) in [5.41, 5.74) is 6.42. The van der Waals surface area contributed by atoms with Crippen molar-refractivity contribution in [2.45, 2.75) is 6.61 Å². The monoisotopic (exact) mass is 271 g/mol. The lowest BCUT2D eigenvalue weighted by molar-refractivity contribution is 0.304. The van der Waals surface area contributed by atoms with Crippen molar-refractivity contribution in [3.63, 3.8) is 0 Å². The summed E-state index contributed by atoms with van der Waals surface area (Å²) in [5.74, 6) is 5.43. The molecule has 0 saturated carbocycles. The van der Waals surface area contributed by atoms with E-state index in [4.69, 9.17) is 15.6 Å². The van der Waals surface area contributed by atoms with Crippen LogP contribution >= 0.6 is 0 Å². The Morgan fingerprint density at radius 3 is 2.55 bits per heavy atom. The number of halogens is 1. The summed E-state index contributed by atoms with van der Waals surface area (Å²) in [4.78, 5) is 0. The highest BCUT2D eigenvalue weighted by atomic mass is 19.1. The maximum Gasteiger partial charge on any atom is 0.142 e. The number of phenols is 1. The Bertz CT molecular complexity index is 642. The van der Waals surface area contributed by atoms with Crippen molar-refractivity contribution in [1.29, 1.82) is 0 Å². The summed E-state index contributed by atoms with van der Waals surface area (Å²) < 4.78 is 19.2. The summed E-state index contributed by atoms with van der Waals surface area (Å²) in [7, 11) is 0. The van der Waals surface area contributed by atoms with Gasteiger partial charge in [-0.15, -0.1) is 0 Å². The normalized spacial score (nSPS) is 9.70. The zero-order valence-electron chi connectivity index (χ0n) is 10.8. The number of hydrogen-bond donors (Lipinski definition) is 2. The van der Waals surface area contributed by atoms with E-state index in [1.807, 2.05) is 0 Å². The van der Waals surface area contributed by atoms with Gasteiger partial charge in [-0.2, -0.15) is 0 Å². The summed E-state index contributed by atoms with van der Waals surface area (Å²) in [6.45, 7) is 0.492. The van der Waals surface area contributed by atoms with Crippen LogP contribution < -0.4 is 10.5 Å². The van der Waals surface area contributed by atoms with Gasteiger partial charge in [0.25, 0.3) is 0 Å². The molecule has 0 fully saturated rings. The topological polar surface area (TPSA) is 55.5 Å². The number of phenolic OH excluding ortho intramolecular Hbond substituents is 1. The van der Waals surface area contributed by atoms with Crippen molar-refractivity contribution < 1.29 is 14.2 Å². The number of rotatable bonds is 3. The quantitative estimate of drug-likeness (QED) is 0.843. The molecule has 0 amide bonds. The number of nitrogens with two attached hydrogens (primary N) is 1. The second kappa shape index (κ2) is 6.60. The Kier molecular flexibility index (Phi) is 4.59. The van der Waals surface area contributed by atoms with Crippen molar-refractivity contribution in [3.05, 3.63) is 59.4 Å². The molecule has 102 valence electrons. The molecule has 0 radical (unpaired) electrons. The molecule has 4 heteroatoms. The highest BCUT2D eigenvalue weighted by Gasteiger charge is 2.02. The number of hydrogen-bond acceptors (Lipinski definition) is 3. The molecule has 0 aliphatic carbocycles. The van der Waals surface area contributed by atoms with Crippen LogP contribution in [0.5, 0.6) is 11.5 Å². The molecule has 0 bridgehead atoms. The van der Waals surface area contributed by atoms with Crippen LogP contribution in [-0.2, 0) is 6.61 Å². The zero-order valence-corrected chi connectivity index (χ0v) is 10.8. The van der Waals surface area contributed by atoms with Crippen LogP contribution in [0.15, 0.2) is 42.5 Å². The number of benzene rings is 2. The molecular weight excluding hydrogens is 257 g/mol.